The van der Waals surface area contributed by atoms with Crippen LogP contribution in [0.1, 0.15) is 31.4 Å². The van der Waals surface area contributed by atoms with E-state index in [4.69, 9.17) is 9.84 Å². The first-order valence-electron chi connectivity index (χ1n) is 7.29. The van der Waals surface area contributed by atoms with Crippen molar-refractivity contribution in [3.63, 3.8) is 0 Å². The Morgan fingerprint density at radius 3 is 2.57 bits per heavy atom. The summed E-state index contributed by atoms with van der Waals surface area (Å²) in [6.45, 7) is 6.92. The van der Waals surface area contributed by atoms with E-state index >= 15 is 0 Å². The van der Waals surface area contributed by atoms with E-state index in [-0.39, 0.29) is 0 Å². The number of aliphatic carboxylic acids is 1. The number of carboxylic acids is 1. The summed E-state index contributed by atoms with van der Waals surface area (Å²) in [6, 6.07) is 8.49. The van der Waals surface area contributed by atoms with Crippen LogP contribution in [0.25, 0.3) is 6.08 Å². The summed E-state index contributed by atoms with van der Waals surface area (Å²) >= 11 is 0. The third-order valence-corrected chi connectivity index (χ3v) is 3.58. The van der Waals surface area contributed by atoms with E-state index in [1.165, 1.54) is 5.56 Å². The van der Waals surface area contributed by atoms with Gasteiger partial charge in [-0.1, -0.05) is 31.2 Å². The van der Waals surface area contributed by atoms with Crippen LogP contribution in [0.4, 0.5) is 0 Å². The Balaban J connectivity index is 2.68. The van der Waals surface area contributed by atoms with Crippen molar-refractivity contribution in [1.29, 1.82) is 0 Å². The molecule has 0 spiro atoms. The van der Waals surface area contributed by atoms with Crippen LogP contribution in [0.3, 0.4) is 0 Å². The van der Waals surface area contributed by atoms with Gasteiger partial charge in [-0.2, -0.15) is 0 Å². The van der Waals surface area contributed by atoms with E-state index in [0.717, 1.165) is 37.8 Å². The topological polar surface area (TPSA) is 49.8 Å². The van der Waals surface area contributed by atoms with Gasteiger partial charge in [-0.05, 0) is 30.5 Å². The summed E-state index contributed by atoms with van der Waals surface area (Å²) < 4.78 is 5.17. The van der Waals surface area contributed by atoms with Crippen LogP contribution in [-0.4, -0.2) is 42.3 Å². The zero-order chi connectivity index (χ0) is 15.7. The van der Waals surface area contributed by atoms with Crippen molar-refractivity contribution in [3.8, 4) is 0 Å². The lowest BCUT2D eigenvalue weighted by molar-refractivity contribution is -0.131. The van der Waals surface area contributed by atoms with Gasteiger partial charge in [-0.15, -0.1) is 0 Å². The number of carbonyl (C=O) groups is 1. The number of rotatable bonds is 9. The fraction of sp³-hybridized carbons (Fsp3) is 0.471. The first kappa shape index (κ1) is 17.4. The number of hydrogen-bond acceptors (Lipinski definition) is 3. The molecule has 0 aromatic heterocycles. The minimum Gasteiger partial charge on any atom is -0.478 e. The minimum absolute atomic E-state index is 0.506. The molecule has 1 rings (SSSR count). The minimum atomic E-state index is -0.929. The van der Waals surface area contributed by atoms with Crippen LogP contribution in [-0.2, 0) is 16.1 Å². The number of nitrogens with zero attached hydrogens (tertiary/aromatic N) is 1. The number of carboxylic acid groups (broad SMARTS) is 1. The molecule has 0 amide bonds. The smallest absolute Gasteiger partial charge is 0.328 e. The van der Waals surface area contributed by atoms with Crippen LogP contribution < -0.4 is 0 Å². The number of ether oxygens (including phenoxy) is 1. The van der Waals surface area contributed by atoms with Gasteiger partial charge in [0.05, 0.1) is 6.61 Å². The van der Waals surface area contributed by atoms with Crippen molar-refractivity contribution >= 4 is 12.0 Å². The van der Waals surface area contributed by atoms with Crippen molar-refractivity contribution in [1.82, 2.24) is 4.90 Å². The van der Waals surface area contributed by atoms with Gasteiger partial charge in [-0.3, -0.25) is 4.90 Å². The molecule has 1 aromatic rings. The van der Waals surface area contributed by atoms with Gasteiger partial charge in [0.25, 0.3) is 0 Å². The first-order chi connectivity index (χ1) is 10.1. The summed E-state index contributed by atoms with van der Waals surface area (Å²) in [4.78, 5) is 12.9. The van der Waals surface area contributed by atoms with Crippen LogP contribution >= 0.6 is 0 Å². The van der Waals surface area contributed by atoms with Gasteiger partial charge in [-0.25, -0.2) is 4.79 Å². The maximum Gasteiger partial charge on any atom is 0.328 e. The van der Waals surface area contributed by atoms with Crippen LogP contribution in [0.15, 0.2) is 30.3 Å². The molecule has 116 valence electrons. The number of hydrogen-bond donors (Lipinski definition) is 1. The molecule has 0 aliphatic rings. The Hall–Kier alpha value is -1.65. The van der Waals surface area contributed by atoms with Gasteiger partial charge in [0, 0.05) is 32.3 Å². The van der Waals surface area contributed by atoms with Crippen molar-refractivity contribution in [2.45, 2.75) is 32.9 Å². The molecule has 0 aliphatic heterocycles. The molecule has 0 saturated heterocycles. The zero-order valence-corrected chi connectivity index (χ0v) is 13.1. The molecule has 1 atom stereocenters. The van der Waals surface area contributed by atoms with Gasteiger partial charge >= 0.3 is 5.97 Å². The Morgan fingerprint density at radius 1 is 1.38 bits per heavy atom. The second-order valence-electron chi connectivity index (χ2n) is 5.13. The molecule has 0 saturated carbocycles. The van der Waals surface area contributed by atoms with Crippen molar-refractivity contribution in [2.75, 3.05) is 20.3 Å². The Bertz CT molecular complexity index is 454. The SMILES string of the molecule is CCC(C)N(CCOC)Cc1ccc(C=CC(=O)O)cc1. The predicted molar refractivity (Wildman–Crippen MR) is 85.2 cm³/mol. The molecule has 4 heteroatoms. The molecule has 21 heavy (non-hydrogen) atoms. The molecule has 0 heterocycles. The molecule has 1 unspecified atom stereocenters. The lowest BCUT2D eigenvalue weighted by Gasteiger charge is -2.28. The fourth-order valence-electron chi connectivity index (χ4n) is 2.06. The van der Waals surface area contributed by atoms with Gasteiger partial charge in [0.2, 0.25) is 0 Å². The number of methoxy groups -OCH3 is 1. The molecule has 0 radical (unpaired) electrons. The van der Waals surface area contributed by atoms with Crippen molar-refractivity contribution in [2.24, 2.45) is 0 Å². The average molecular weight is 291 g/mol. The van der Waals surface area contributed by atoms with Crippen molar-refractivity contribution in [3.05, 3.63) is 41.5 Å². The molecule has 0 bridgehead atoms. The van der Waals surface area contributed by atoms with E-state index in [1.54, 1.807) is 13.2 Å². The number of benzene rings is 1. The highest BCUT2D eigenvalue weighted by Gasteiger charge is 2.12. The summed E-state index contributed by atoms with van der Waals surface area (Å²) in [5, 5.41) is 8.61. The summed E-state index contributed by atoms with van der Waals surface area (Å²) in [5.41, 5.74) is 2.12. The Kier molecular flexibility index (Phi) is 7.72. The van der Waals surface area contributed by atoms with Crippen LogP contribution in [0.2, 0.25) is 0 Å². The van der Waals surface area contributed by atoms with E-state index in [2.05, 4.69) is 18.7 Å². The van der Waals surface area contributed by atoms with E-state index in [0.29, 0.717) is 6.04 Å². The van der Waals surface area contributed by atoms with Gasteiger partial charge < -0.3 is 9.84 Å². The first-order valence-corrected chi connectivity index (χ1v) is 7.29. The molecule has 0 aliphatic carbocycles. The monoisotopic (exact) mass is 291 g/mol. The highest BCUT2D eigenvalue weighted by atomic mass is 16.5. The molecule has 4 nitrogen and oxygen atoms in total. The average Bonchev–Trinajstić information content (AvgIpc) is 2.49. The van der Waals surface area contributed by atoms with Gasteiger partial charge in [0.1, 0.15) is 0 Å². The summed E-state index contributed by atoms with van der Waals surface area (Å²) in [5.74, 6) is -0.929. The third kappa shape index (κ3) is 6.56. The van der Waals surface area contributed by atoms with Crippen LogP contribution in [0.5, 0.6) is 0 Å². The lowest BCUT2D eigenvalue weighted by Crippen LogP contribution is -2.34. The highest BCUT2D eigenvalue weighted by Crippen LogP contribution is 2.12. The molecular formula is C17H25NO3. The Morgan fingerprint density at radius 2 is 2.05 bits per heavy atom. The molecule has 1 N–H and O–H groups in total. The maximum atomic E-state index is 10.5. The molecular weight excluding hydrogens is 266 g/mol. The fourth-order valence-corrected chi connectivity index (χ4v) is 2.06. The zero-order valence-electron chi connectivity index (χ0n) is 13.1. The quantitative estimate of drug-likeness (QED) is 0.711. The van der Waals surface area contributed by atoms with E-state index in [9.17, 15) is 4.79 Å². The van der Waals surface area contributed by atoms with Crippen LogP contribution in [0, 0.1) is 0 Å². The second-order valence-corrected chi connectivity index (χ2v) is 5.13. The Labute approximate surface area is 127 Å². The van der Waals surface area contributed by atoms with E-state index < -0.39 is 5.97 Å². The summed E-state index contributed by atoms with van der Waals surface area (Å²) in [7, 11) is 1.72. The normalized spacial score (nSPS) is 13.0. The van der Waals surface area contributed by atoms with Crippen molar-refractivity contribution < 1.29 is 14.6 Å². The molecule has 0 fully saturated rings. The third-order valence-electron chi connectivity index (χ3n) is 3.58. The second kappa shape index (κ2) is 9.32. The maximum absolute atomic E-state index is 10.5. The van der Waals surface area contributed by atoms with Gasteiger partial charge in [0.15, 0.2) is 0 Å². The largest absolute Gasteiger partial charge is 0.478 e. The standard InChI is InChI=1S/C17H25NO3/c1-4-14(2)18(11-12-21-3)13-16-7-5-15(6-8-16)9-10-17(19)20/h5-10,14H,4,11-13H2,1-3H3,(H,19,20). The predicted octanol–water partition coefficient (Wildman–Crippen LogP) is 3.03. The molecule has 1 aromatic carbocycles. The summed E-state index contributed by atoms with van der Waals surface area (Å²) in [6.07, 6.45) is 3.85. The highest BCUT2D eigenvalue weighted by molar-refractivity contribution is 5.85. The van der Waals surface area contributed by atoms with E-state index in [1.807, 2.05) is 24.3 Å². The lowest BCUT2D eigenvalue weighted by atomic mass is 10.1.